The summed E-state index contributed by atoms with van der Waals surface area (Å²) in [5.74, 6) is 3.19. The average molecular weight is 334 g/mol. The van der Waals surface area contributed by atoms with Crippen molar-refractivity contribution in [2.45, 2.75) is 51.6 Å². The molecule has 23 heavy (non-hydrogen) atoms. The monoisotopic (exact) mass is 334 g/mol. The maximum atomic E-state index is 12.4. The van der Waals surface area contributed by atoms with E-state index in [9.17, 15) is 4.79 Å². The van der Waals surface area contributed by atoms with E-state index in [1.807, 2.05) is 13.8 Å². The fourth-order valence-electron chi connectivity index (χ4n) is 3.55. The number of aromatic nitrogens is 2. The van der Waals surface area contributed by atoms with Gasteiger partial charge in [0.2, 0.25) is 0 Å². The Bertz CT molecular complexity index is 531. The molecule has 5 nitrogen and oxygen atoms in total. The van der Waals surface area contributed by atoms with Gasteiger partial charge in [0.1, 0.15) is 11.5 Å². The first-order valence-electron chi connectivity index (χ1n) is 8.57. The van der Waals surface area contributed by atoms with Gasteiger partial charge < -0.3 is 10.2 Å². The number of thioether (sulfide) groups is 1. The molecule has 1 amide bonds. The van der Waals surface area contributed by atoms with Gasteiger partial charge in [-0.1, -0.05) is 0 Å². The summed E-state index contributed by atoms with van der Waals surface area (Å²) < 4.78 is 0. The Morgan fingerprint density at radius 3 is 2.52 bits per heavy atom. The highest BCUT2D eigenvalue weighted by atomic mass is 32.2. The lowest BCUT2D eigenvalue weighted by atomic mass is 10.0. The van der Waals surface area contributed by atoms with Crippen LogP contribution < -0.4 is 5.32 Å². The van der Waals surface area contributed by atoms with E-state index in [-0.39, 0.29) is 11.9 Å². The molecule has 126 valence electrons. The maximum absolute atomic E-state index is 12.4. The summed E-state index contributed by atoms with van der Waals surface area (Å²) in [5.41, 5.74) is 1.33. The van der Waals surface area contributed by atoms with Crippen molar-refractivity contribution in [2.75, 3.05) is 24.6 Å². The van der Waals surface area contributed by atoms with Crippen molar-refractivity contribution < 1.29 is 4.79 Å². The lowest BCUT2D eigenvalue weighted by Crippen LogP contribution is -2.48. The molecule has 0 unspecified atom stereocenters. The van der Waals surface area contributed by atoms with Crippen LogP contribution in [0.2, 0.25) is 0 Å². The maximum Gasteiger partial charge on any atom is 0.270 e. The predicted octanol–water partition coefficient (Wildman–Crippen LogP) is 2.18. The van der Waals surface area contributed by atoms with Crippen molar-refractivity contribution in [1.29, 1.82) is 0 Å². The smallest absolute Gasteiger partial charge is 0.270 e. The summed E-state index contributed by atoms with van der Waals surface area (Å²) in [4.78, 5) is 23.5. The van der Waals surface area contributed by atoms with Crippen LogP contribution in [0.3, 0.4) is 0 Å². The van der Waals surface area contributed by atoms with E-state index < -0.39 is 0 Å². The second-order valence-electron chi connectivity index (χ2n) is 6.57. The molecule has 2 saturated heterocycles. The van der Waals surface area contributed by atoms with Gasteiger partial charge in [0.15, 0.2) is 0 Å². The highest BCUT2D eigenvalue weighted by Crippen LogP contribution is 2.24. The molecule has 0 spiro atoms. The molecular formula is C17H26N4OS. The lowest BCUT2D eigenvalue weighted by Gasteiger charge is -2.39. The van der Waals surface area contributed by atoms with Gasteiger partial charge in [0, 0.05) is 30.9 Å². The molecule has 3 rings (SSSR count). The van der Waals surface area contributed by atoms with E-state index in [2.05, 4.69) is 31.9 Å². The van der Waals surface area contributed by atoms with Gasteiger partial charge >= 0.3 is 0 Å². The quantitative estimate of drug-likeness (QED) is 0.918. The van der Waals surface area contributed by atoms with Crippen LogP contribution in [-0.4, -0.2) is 57.5 Å². The van der Waals surface area contributed by atoms with Crippen molar-refractivity contribution >= 4 is 17.7 Å². The van der Waals surface area contributed by atoms with E-state index >= 15 is 0 Å². The van der Waals surface area contributed by atoms with E-state index in [1.54, 1.807) is 6.07 Å². The fourth-order valence-corrected chi connectivity index (χ4v) is 4.63. The second-order valence-corrected chi connectivity index (χ2v) is 7.79. The van der Waals surface area contributed by atoms with Crippen LogP contribution in [0.25, 0.3) is 0 Å². The van der Waals surface area contributed by atoms with Crippen LogP contribution in [-0.2, 0) is 0 Å². The number of carbonyl (C=O) groups is 1. The number of rotatable bonds is 3. The topological polar surface area (TPSA) is 58.1 Å². The third-order valence-electron chi connectivity index (χ3n) is 4.77. The molecule has 2 aliphatic rings. The molecule has 1 N–H and O–H groups in total. The van der Waals surface area contributed by atoms with Crippen molar-refractivity contribution in [3.63, 3.8) is 0 Å². The number of nitrogens with zero attached hydrogens (tertiary/aromatic N) is 3. The zero-order valence-electron chi connectivity index (χ0n) is 14.0. The number of piperidine rings is 1. The highest BCUT2D eigenvalue weighted by molar-refractivity contribution is 7.99. The normalized spacial score (nSPS) is 21.3. The number of amides is 1. The average Bonchev–Trinajstić information content (AvgIpc) is 2.55. The number of nitrogens with one attached hydrogen (secondary N) is 1. The summed E-state index contributed by atoms with van der Waals surface area (Å²) >= 11 is 2.08. The molecule has 6 heteroatoms. The van der Waals surface area contributed by atoms with Crippen LogP contribution >= 0.6 is 11.8 Å². The minimum atomic E-state index is -0.0638. The predicted molar refractivity (Wildman–Crippen MR) is 93.9 cm³/mol. The highest BCUT2D eigenvalue weighted by Gasteiger charge is 2.27. The Labute approximate surface area is 142 Å². The Hall–Kier alpha value is -1.14. The SMILES string of the molecule is Cc1cc(C(=O)NC2CCN(C3CCSCC3)CC2)nc(C)n1. The van der Waals surface area contributed by atoms with Gasteiger partial charge in [-0.25, -0.2) is 9.97 Å². The second kappa shape index (κ2) is 7.62. The van der Waals surface area contributed by atoms with E-state index in [0.717, 1.165) is 37.7 Å². The Morgan fingerprint density at radius 2 is 1.87 bits per heavy atom. The third-order valence-corrected chi connectivity index (χ3v) is 5.82. The van der Waals surface area contributed by atoms with Gasteiger partial charge in [-0.05, 0) is 57.1 Å². The molecule has 1 aromatic heterocycles. The number of hydrogen-bond acceptors (Lipinski definition) is 5. The molecule has 2 fully saturated rings. The van der Waals surface area contributed by atoms with E-state index in [0.29, 0.717) is 11.5 Å². The first-order valence-corrected chi connectivity index (χ1v) is 9.72. The summed E-state index contributed by atoms with van der Waals surface area (Å²) in [7, 11) is 0. The van der Waals surface area contributed by atoms with Gasteiger partial charge in [-0.2, -0.15) is 11.8 Å². The molecule has 0 aliphatic carbocycles. The molecule has 0 bridgehead atoms. The number of carbonyl (C=O) groups excluding carboxylic acids is 1. The van der Waals surface area contributed by atoms with Crippen LogP contribution in [0.4, 0.5) is 0 Å². The number of hydrogen-bond donors (Lipinski definition) is 1. The van der Waals surface area contributed by atoms with Crippen LogP contribution in [0.1, 0.15) is 47.7 Å². The Balaban J connectivity index is 1.51. The largest absolute Gasteiger partial charge is 0.348 e. The van der Waals surface area contributed by atoms with Gasteiger partial charge in [0.05, 0.1) is 0 Å². The lowest BCUT2D eigenvalue weighted by molar-refractivity contribution is 0.0881. The summed E-state index contributed by atoms with van der Waals surface area (Å²) in [6.45, 7) is 5.92. The molecular weight excluding hydrogens is 308 g/mol. The first kappa shape index (κ1) is 16.7. The molecule has 1 aromatic rings. The molecule has 0 saturated carbocycles. The molecule has 3 heterocycles. The first-order chi connectivity index (χ1) is 11.1. The minimum absolute atomic E-state index is 0.0638. The van der Waals surface area contributed by atoms with E-state index in [4.69, 9.17) is 0 Å². The summed E-state index contributed by atoms with van der Waals surface area (Å²) in [6, 6.07) is 2.80. The van der Waals surface area contributed by atoms with Gasteiger partial charge in [0.25, 0.3) is 5.91 Å². The molecule has 0 radical (unpaired) electrons. The van der Waals surface area contributed by atoms with Crippen LogP contribution in [0.15, 0.2) is 6.07 Å². The van der Waals surface area contributed by atoms with Crippen molar-refractivity contribution in [2.24, 2.45) is 0 Å². The molecule has 0 atom stereocenters. The van der Waals surface area contributed by atoms with Gasteiger partial charge in [-0.15, -0.1) is 0 Å². The standard InChI is InChI=1S/C17H26N4OS/c1-12-11-16(19-13(2)18-12)17(22)20-14-3-7-21(8-4-14)15-5-9-23-10-6-15/h11,14-15H,3-10H2,1-2H3,(H,20,22). The number of aryl methyl sites for hydroxylation is 2. The number of likely N-dealkylation sites (tertiary alicyclic amines) is 1. The van der Waals surface area contributed by atoms with Crippen LogP contribution in [0, 0.1) is 13.8 Å². The Kier molecular flexibility index (Phi) is 5.54. The zero-order chi connectivity index (χ0) is 16.2. The van der Waals surface area contributed by atoms with E-state index in [1.165, 1.54) is 24.3 Å². The third kappa shape index (κ3) is 4.44. The fraction of sp³-hybridized carbons (Fsp3) is 0.706. The van der Waals surface area contributed by atoms with Crippen molar-refractivity contribution in [3.8, 4) is 0 Å². The minimum Gasteiger partial charge on any atom is -0.348 e. The van der Waals surface area contributed by atoms with Crippen LogP contribution in [0.5, 0.6) is 0 Å². The molecule has 2 aliphatic heterocycles. The summed E-state index contributed by atoms with van der Waals surface area (Å²) in [6.07, 6.45) is 4.72. The zero-order valence-corrected chi connectivity index (χ0v) is 14.9. The van der Waals surface area contributed by atoms with Crippen molar-refractivity contribution in [1.82, 2.24) is 20.2 Å². The summed E-state index contributed by atoms with van der Waals surface area (Å²) in [5, 5.41) is 3.15. The Morgan fingerprint density at radius 1 is 1.17 bits per heavy atom. The van der Waals surface area contributed by atoms with Gasteiger partial charge in [-0.3, -0.25) is 4.79 Å². The molecule has 0 aromatic carbocycles. The van der Waals surface area contributed by atoms with Crippen molar-refractivity contribution in [3.05, 3.63) is 23.3 Å².